The van der Waals surface area contributed by atoms with Gasteiger partial charge in [0.25, 0.3) is 0 Å². The minimum absolute atomic E-state index is 0.399. The summed E-state index contributed by atoms with van der Waals surface area (Å²) in [6, 6.07) is 14.8. The average molecular weight is 284 g/mol. The van der Waals surface area contributed by atoms with Crippen LogP contribution >= 0.6 is 0 Å². The lowest BCUT2D eigenvalue weighted by Crippen LogP contribution is -2.14. The first kappa shape index (κ1) is 15.1. The van der Waals surface area contributed by atoms with E-state index >= 15 is 0 Å². The van der Waals surface area contributed by atoms with Crippen LogP contribution in [-0.2, 0) is 11.4 Å². The molecule has 0 aliphatic rings. The van der Waals surface area contributed by atoms with E-state index in [9.17, 15) is 4.79 Å². The van der Waals surface area contributed by atoms with Crippen LogP contribution in [-0.4, -0.2) is 12.5 Å². The molecule has 0 unspecified atom stereocenters. The quantitative estimate of drug-likeness (QED) is 0.799. The van der Waals surface area contributed by atoms with Crippen molar-refractivity contribution in [3.63, 3.8) is 0 Å². The molecule has 2 aromatic carbocycles. The molecule has 0 saturated heterocycles. The molecule has 2 aromatic rings. The normalized spacial score (nSPS) is 10.2. The molecule has 4 nitrogen and oxygen atoms in total. The van der Waals surface area contributed by atoms with Gasteiger partial charge >= 0.3 is 5.97 Å². The smallest absolute Gasteiger partial charge is 0.338 e. The topological polar surface area (TPSA) is 50.4 Å². The third-order valence-corrected chi connectivity index (χ3v) is 3.19. The zero-order valence-electron chi connectivity index (χ0n) is 12.3. The minimum Gasteiger partial charge on any atom is -0.338 e. The highest BCUT2D eigenvalue weighted by Crippen LogP contribution is 2.15. The maximum atomic E-state index is 11.8. The van der Waals surface area contributed by atoms with Gasteiger partial charge in [-0.25, -0.2) is 10.3 Å². The van der Waals surface area contributed by atoms with Crippen molar-refractivity contribution >= 4 is 11.7 Å². The molecular weight excluding hydrogens is 264 g/mol. The summed E-state index contributed by atoms with van der Waals surface area (Å²) in [5.74, 6) is -0.399. The standard InChI is InChI=1S/C17H20N2O2/c1-3-18-12-15-11-16(10-9-13(15)2)19-21-17(20)14-7-5-4-6-8-14/h4-11,18-19H,3,12H2,1-2H3. The Balaban J connectivity index is 1.98. The zero-order chi connectivity index (χ0) is 15.1. The second-order valence-corrected chi connectivity index (χ2v) is 4.78. The molecule has 21 heavy (non-hydrogen) atoms. The first-order valence-corrected chi connectivity index (χ1v) is 7.03. The third kappa shape index (κ3) is 4.33. The summed E-state index contributed by atoms with van der Waals surface area (Å²) in [6.07, 6.45) is 0. The molecule has 0 heterocycles. The summed E-state index contributed by atoms with van der Waals surface area (Å²) in [7, 11) is 0. The Hall–Kier alpha value is -2.33. The maximum absolute atomic E-state index is 11.8. The van der Waals surface area contributed by atoms with Gasteiger partial charge in [-0.1, -0.05) is 31.2 Å². The van der Waals surface area contributed by atoms with Gasteiger partial charge in [-0.15, -0.1) is 0 Å². The number of aryl methyl sites for hydroxylation is 1. The second-order valence-electron chi connectivity index (χ2n) is 4.78. The summed E-state index contributed by atoms with van der Waals surface area (Å²) >= 11 is 0. The predicted octanol–water partition coefficient (Wildman–Crippen LogP) is 3.29. The average Bonchev–Trinajstić information content (AvgIpc) is 2.53. The van der Waals surface area contributed by atoms with Crippen molar-refractivity contribution in [2.75, 3.05) is 12.0 Å². The van der Waals surface area contributed by atoms with Crippen LogP contribution in [0.3, 0.4) is 0 Å². The highest BCUT2D eigenvalue weighted by Gasteiger charge is 2.07. The fourth-order valence-corrected chi connectivity index (χ4v) is 1.92. The summed E-state index contributed by atoms with van der Waals surface area (Å²) in [6.45, 7) is 5.84. The van der Waals surface area contributed by atoms with E-state index in [2.05, 4.69) is 24.6 Å². The van der Waals surface area contributed by atoms with Gasteiger partial charge in [-0.3, -0.25) is 0 Å². The van der Waals surface area contributed by atoms with Crippen molar-refractivity contribution in [1.82, 2.24) is 5.32 Å². The van der Waals surface area contributed by atoms with E-state index in [1.165, 1.54) is 11.1 Å². The molecule has 0 saturated carbocycles. The van der Waals surface area contributed by atoms with Crippen molar-refractivity contribution in [3.05, 3.63) is 65.2 Å². The molecule has 0 bridgehead atoms. The van der Waals surface area contributed by atoms with Crippen LogP contribution in [0, 0.1) is 6.92 Å². The van der Waals surface area contributed by atoms with Gasteiger partial charge in [0.15, 0.2) is 0 Å². The molecular formula is C17H20N2O2. The van der Waals surface area contributed by atoms with Gasteiger partial charge in [-0.2, -0.15) is 0 Å². The molecule has 0 aliphatic carbocycles. The van der Waals surface area contributed by atoms with Crippen LogP contribution in [0.1, 0.15) is 28.4 Å². The lowest BCUT2D eigenvalue weighted by atomic mass is 10.1. The van der Waals surface area contributed by atoms with E-state index in [0.29, 0.717) is 5.56 Å². The summed E-state index contributed by atoms with van der Waals surface area (Å²) in [5, 5.41) is 3.29. The van der Waals surface area contributed by atoms with Crippen molar-refractivity contribution in [2.45, 2.75) is 20.4 Å². The van der Waals surface area contributed by atoms with Gasteiger partial charge in [0.2, 0.25) is 0 Å². The first-order valence-electron chi connectivity index (χ1n) is 7.03. The molecule has 2 N–H and O–H groups in total. The lowest BCUT2D eigenvalue weighted by Gasteiger charge is -2.11. The maximum Gasteiger partial charge on any atom is 0.362 e. The molecule has 0 radical (unpaired) electrons. The molecule has 0 aromatic heterocycles. The van der Waals surface area contributed by atoms with Crippen molar-refractivity contribution in [2.24, 2.45) is 0 Å². The van der Waals surface area contributed by atoms with E-state index in [4.69, 9.17) is 4.84 Å². The van der Waals surface area contributed by atoms with Gasteiger partial charge < -0.3 is 10.2 Å². The number of rotatable bonds is 6. The molecule has 0 spiro atoms. The third-order valence-electron chi connectivity index (χ3n) is 3.19. The highest BCUT2D eigenvalue weighted by molar-refractivity contribution is 5.89. The number of carbonyl (C=O) groups is 1. The minimum atomic E-state index is -0.399. The van der Waals surface area contributed by atoms with Crippen molar-refractivity contribution in [1.29, 1.82) is 0 Å². The Morgan fingerprint density at radius 3 is 2.62 bits per heavy atom. The zero-order valence-corrected chi connectivity index (χ0v) is 12.3. The van der Waals surface area contributed by atoms with E-state index < -0.39 is 5.97 Å². The first-order chi connectivity index (χ1) is 10.2. The number of hydrogen-bond donors (Lipinski definition) is 2. The van der Waals surface area contributed by atoms with E-state index in [1.54, 1.807) is 24.3 Å². The SMILES string of the molecule is CCNCc1cc(NOC(=O)c2ccccc2)ccc1C. The fraction of sp³-hybridized carbons (Fsp3) is 0.235. The second kappa shape index (κ2) is 7.45. The Kier molecular flexibility index (Phi) is 5.35. The van der Waals surface area contributed by atoms with Crippen LogP contribution in [0.2, 0.25) is 0 Å². The van der Waals surface area contributed by atoms with Crippen molar-refractivity contribution < 1.29 is 9.63 Å². The molecule has 4 heteroatoms. The number of anilines is 1. The Morgan fingerprint density at radius 1 is 1.14 bits per heavy atom. The van der Waals surface area contributed by atoms with E-state index in [0.717, 1.165) is 18.8 Å². The van der Waals surface area contributed by atoms with Crippen LogP contribution in [0.4, 0.5) is 5.69 Å². The monoisotopic (exact) mass is 284 g/mol. The van der Waals surface area contributed by atoms with Crippen molar-refractivity contribution in [3.8, 4) is 0 Å². The predicted molar refractivity (Wildman–Crippen MR) is 84.0 cm³/mol. The summed E-state index contributed by atoms with van der Waals surface area (Å²) in [5.41, 5.74) is 6.37. The summed E-state index contributed by atoms with van der Waals surface area (Å²) < 4.78 is 0. The molecule has 0 atom stereocenters. The Bertz CT molecular complexity index is 597. The van der Waals surface area contributed by atoms with Gasteiger partial charge in [0.05, 0.1) is 11.3 Å². The van der Waals surface area contributed by atoms with E-state index in [-0.39, 0.29) is 0 Å². The molecule has 0 aliphatic heterocycles. The van der Waals surface area contributed by atoms with Gasteiger partial charge in [0, 0.05) is 6.54 Å². The highest BCUT2D eigenvalue weighted by atomic mass is 16.7. The Labute approximate surface area is 125 Å². The lowest BCUT2D eigenvalue weighted by molar-refractivity contribution is 0.0596. The Morgan fingerprint density at radius 2 is 1.90 bits per heavy atom. The van der Waals surface area contributed by atoms with Crippen LogP contribution in [0.25, 0.3) is 0 Å². The largest absolute Gasteiger partial charge is 0.362 e. The van der Waals surface area contributed by atoms with Gasteiger partial charge in [-0.05, 0) is 48.9 Å². The number of hydrogen-bond acceptors (Lipinski definition) is 4. The summed E-state index contributed by atoms with van der Waals surface area (Å²) in [4.78, 5) is 16.9. The van der Waals surface area contributed by atoms with E-state index in [1.807, 2.05) is 24.3 Å². The number of benzene rings is 2. The number of nitrogens with one attached hydrogen (secondary N) is 2. The van der Waals surface area contributed by atoms with Crippen LogP contribution < -0.4 is 10.8 Å². The van der Waals surface area contributed by atoms with Crippen LogP contribution in [0.15, 0.2) is 48.5 Å². The van der Waals surface area contributed by atoms with Crippen LogP contribution in [0.5, 0.6) is 0 Å². The molecule has 0 fully saturated rings. The fourth-order valence-electron chi connectivity index (χ4n) is 1.92. The molecule has 2 rings (SSSR count). The molecule has 0 amide bonds. The number of carbonyl (C=O) groups excluding carboxylic acids is 1. The molecule has 110 valence electrons. The van der Waals surface area contributed by atoms with Gasteiger partial charge in [0.1, 0.15) is 0 Å².